The largest absolute Gasteiger partial charge is 0.386 e. The molecule has 9 nitrogen and oxygen atoms in total. The Labute approximate surface area is 165 Å². The van der Waals surface area contributed by atoms with E-state index in [1.165, 1.54) is 24.8 Å². The second-order valence-corrected chi connectivity index (χ2v) is 5.96. The Kier molecular flexibility index (Phi) is 5.86. The number of nitrogens with one attached hydrogen (secondary N) is 4. The standard InChI is InChI=1S/C18H20F2N8O/c1-21-13-8-11(7-12(19)16(13)20)25-18-26-17(28(27-18)9-15(29)23-3)10-4-5-24-14(6-10)22-2/h4-8,21H,9H2,1-3H3,(H,22,24)(H,23,29)(H,25,27). The molecule has 0 spiro atoms. The fourth-order valence-electron chi connectivity index (χ4n) is 2.61. The van der Waals surface area contributed by atoms with Crippen molar-refractivity contribution >= 4 is 29.0 Å². The summed E-state index contributed by atoms with van der Waals surface area (Å²) in [6.45, 7) is -0.0722. The van der Waals surface area contributed by atoms with E-state index in [1.807, 2.05) is 0 Å². The van der Waals surface area contributed by atoms with E-state index in [9.17, 15) is 13.6 Å². The van der Waals surface area contributed by atoms with Crippen molar-refractivity contribution in [3.63, 3.8) is 0 Å². The van der Waals surface area contributed by atoms with Gasteiger partial charge in [-0.25, -0.2) is 18.4 Å². The Morgan fingerprint density at radius 2 is 1.93 bits per heavy atom. The molecule has 0 aliphatic heterocycles. The van der Waals surface area contributed by atoms with Gasteiger partial charge >= 0.3 is 0 Å². The van der Waals surface area contributed by atoms with Crippen LogP contribution in [0.5, 0.6) is 0 Å². The third-order valence-corrected chi connectivity index (χ3v) is 4.07. The minimum atomic E-state index is -1.02. The van der Waals surface area contributed by atoms with Crippen LogP contribution in [-0.4, -0.2) is 46.8 Å². The normalized spacial score (nSPS) is 10.5. The highest BCUT2D eigenvalue weighted by atomic mass is 19.2. The van der Waals surface area contributed by atoms with E-state index in [4.69, 9.17) is 0 Å². The summed E-state index contributed by atoms with van der Waals surface area (Å²) in [6, 6.07) is 5.88. The van der Waals surface area contributed by atoms with E-state index in [0.717, 1.165) is 6.07 Å². The summed E-state index contributed by atoms with van der Waals surface area (Å²) in [5, 5.41) is 15.2. The summed E-state index contributed by atoms with van der Waals surface area (Å²) in [5.41, 5.74) is 0.919. The highest BCUT2D eigenvalue weighted by molar-refractivity contribution is 5.76. The number of halogens is 2. The molecule has 0 aliphatic rings. The van der Waals surface area contributed by atoms with Crippen LogP contribution >= 0.6 is 0 Å². The summed E-state index contributed by atoms with van der Waals surface area (Å²) in [6.07, 6.45) is 1.60. The number of carbonyl (C=O) groups excluding carboxylic acids is 1. The first-order chi connectivity index (χ1) is 13.9. The number of pyridine rings is 1. The van der Waals surface area contributed by atoms with Gasteiger partial charge in [0.25, 0.3) is 0 Å². The van der Waals surface area contributed by atoms with Crippen LogP contribution in [0.4, 0.5) is 31.9 Å². The third-order valence-electron chi connectivity index (χ3n) is 4.07. The third kappa shape index (κ3) is 4.39. The zero-order chi connectivity index (χ0) is 21.0. The van der Waals surface area contributed by atoms with Crippen LogP contribution in [0.2, 0.25) is 0 Å². The summed E-state index contributed by atoms with van der Waals surface area (Å²) in [4.78, 5) is 20.4. The maximum Gasteiger partial charge on any atom is 0.247 e. The molecule has 0 unspecified atom stereocenters. The van der Waals surface area contributed by atoms with Gasteiger partial charge < -0.3 is 21.3 Å². The minimum absolute atomic E-state index is 0.00897. The van der Waals surface area contributed by atoms with Crippen LogP contribution in [0.1, 0.15) is 0 Å². The highest BCUT2D eigenvalue weighted by Crippen LogP contribution is 2.26. The molecular weight excluding hydrogens is 382 g/mol. The molecular formula is C18H20F2N8O. The molecule has 1 aromatic carbocycles. The number of nitrogens with zero attached hydrogens (tertiary/aromatic N) is 4. The van der Waals surface area contributed by atoms with Gasteiger partial charge in [-0.05, 0) is 18.2 Å². The Morgan fingerprint density at radius 3 is 2.62 bits per heavy atom. The number of amides is 1. The molecule has 4 N–H and O–H groups in total. The van der Waals surface area contributed by atoms with Crippen LogP contribution in [-0.2, 0) is 11.3 Å². The summed E-state index contributed by atoms with van der Waals surface area (Å²) in [7, 11) is 4.74. The average molecular weight is 402 g/mol. The lowest BCUT2D eigenvalue weighted by Crippen LogP contribution is -2.24. The molecule has 0 radical (unpaired) electrons. The number of hydrogen-bond acceptors (Lipinski definition) is 7. The Balaban J connectivity index is 2.00. The van der Waals surface area contributed by atoms with Gasteiger partial charge in [-0.3, -0.25) is 4.79 Å². The fourth-order valence-corrected chi connectivity index (χ4v) is 2.61. The predicted octanol–water partition coefficient (Wildman–Crippen LogP) is 2.19. The van der Waals surface area contributed by atoms with Crippen molar-refractivity contribution in [2.24, 2.45) is 0 Å². The quantitative estimate of drug-likeness (QED) is 0.480. The number of aromatic nitrogens is 4. The Hall–Kier alpha value is -3.76. The molecule has 152 valence electrons. The van der Waals surface area contributed by atoms with Crippen molar-refractivity contribution < 1.29 is 13.6 Å². The van der Waals surface area contributed by atoms with Crippen LogP contribution in [0, 0.1) is 11.6 Å². The van der Waals surface area contributed by atoms with Crippen molar-refractivity contribution in [2.75, 3.05) is 37.1 Å². The van der Waals surface area contributed by atoms with E-state index >= 15 is 0 Å². The smallest absolute Gasteiger partial charge is 0.247 e. The molecule has 0 fully saturated rings. The number of rotatable bonds is 7. The van der Waals surface area contributed by atoms with Crippen molar-refractivity contribution in [2.45, 2.75) is 6.54 Å². The summed E-state index contributed by atoms with van der Waals surface area (Å²) >= 11 is 0. The van der Waals surface area contributed by atoms with Crippen LogP contribution in [0.25, 0.3) is 11.4 Å². The maximum absolute atomic E-state index is 13.8. The second kappa shape index (κ2) is 8.50. The lowest BCUT2D eigenvalue weighted by Gasteiger charge is -2.07. The molecule has 0 bridgehead atoms. The molecule has 3 rings (SSSR count). The van der Waals surface area contributed by atoms with Gasteiger partial charge in [-0.2, -0.15) is 4.98 Å². The minimum Gasteiger partial charge on any atom is -0.386 e. The van der Waals surface area contributed by atoms with Crippen molar-refractivity contribution in [3.05, 3.63) is 42.1 Å². The van der Waals surface area contributed by atoms with Crippen molar-refractivity contribution in [3.8, 4) is 11.4 Å². The van der Waals surface area contributed by atoms with Gasteiger partial charge in [-0.1, -0.05) is 0 Å². The number of hydrogen-bond donors (Lipinski definition) is 4. The van der Waals surface area contributed by atoms with Crippen molar-refractivity contribution in [1.82, 2.24) is 25.1 Å². The summed E-state index contributed by atoms with van der Waals surface area (Å²) in [5.74, 6) is -1.11. The monoisotopic (exact) mass is 402 g/mol. The molecule has 0 saturated heterocycles. The van der Waals surface area contributed by atoms with Gasteiger partial charge in [-0.15, -0.1) is 5.10 Å². The molecule has 2 aromatic heterocycles. The maximum atomic E-state index is 13.8. The van der Waals surface area contributed by atoms with Gasteiger partial charge in [0, 0.05) is 44.7 Å². The molecule has 0 atom stereocenters. The number of likely N-dealkylation sites (N-methyl/N-ethyl adjacent to an activating group) is 1. The lowest BCUT2D eigenvalue weighted by molar-refractivity contribution is -0.121. The zero-order valence-corrected chi connectivity index (χ0v) is 16.0. The van der Waals surface area contributed by atoms with E-state index in [-0.39, 0.29) is 29.8 Å². The zero-order valence-electron chi connectivity index (χ0n) is 16.0. The molecule has 11 heteroatoms. The van der Waals surface area contributed by atoms with Gasteiger partial charge in [0.05, 0.1) is 5.69 Å². The molecule has 29 heavy (non-hydrogen) atoms. The number of anilines is 4. The first-order valence-electron chi connectivity index (χ1n) is 8.68. The highest BCUT2D eigenvalue weighted by Gasteiger charge is 2.16. The average Bonchev–Trinajstić information content (AvgIpc) is 3.12. The Morgan fingerprint density at radius 1 is 1.14 bits per heavy atom. The first kappa shape index (κ1) is 20.0. The number of carbonyl (C=O) groups is 1. The van der Waals surface area contributed by atoms with Crippen LogP contribution in [0.15, 0.2) is 30.5 Å². The first-order valence-corrected chi connectivity index (χ1v) is 8.68. The summed E-state index contributed by atoms with van der Waals surface area (Å²) < 4.78 is 28.9. The molecule has 2 heterocycles. The second-order valence-electron chi connectivity index (χ2n) is 5.96. The van der Waals surface area contributed by atoms with E-state index < -0.39 is 11.6 Å². The molecule has 3 aromatic rings. The van der Waals surface area contributed by atoms with E-state index in [1.54, 1.807) is 25.4 Å². The van der Waals surface area contributed by atoms with Crippen LogP contribution < -0.4 is 21.3 Å². The topological polar surface area (TPSA) is 109 Å². The van der Waals surface area contributed by atoms with Crippen molar-refractivity contribution in [1.29, 1.82) is 0 Å². The SMILES string of the molecule is CNC(=O)Cn1nc(Nc2cc(F)c(F)c(NC)c2)nc1-c1ccnc(NC)c1. The van der Waals surface area contributed by atoms with Gasteiger partial charge in [0.15, 0.2) is 17.5 Å². The Bertz CT molecular complexity index is 1040. The van der Waals surface area contributed by atoms with Gasteiger partial charge in [0.2, 0.25) is 11.9 Å². The lowest BCUT2D eigenvalue weighted by atomic mass is 10.2. The predicted molar refractivity (Wildman–Crippen MR) is 106 cm³/mol. The molecule has 0 saturated carbocycles. The van der Waals surface area contributed by atoms with Gasteiger partial charge in [0.1, 0.15) is 12.4 Å². The fraction of sp³-hybridized carbons (Fsp3) is 0.222. The van der Waals surface area contributed by atoms with E-state index in [0.29, 0.717) is 17.2 Å². The van der Waals surface area contributed by atoms with E-state index in [2.05, 4.69) is 36.3 Å². The van der Waals surface area contributed by atoms with Crippen LogP contribution in [0.3, 0.4) is 0 Å². The molecule has 1 amide bonds. The molecule has 0 aliphatic carbocycles. The number of benzene rings is 1.